The van der Waals surface area contributed by atoms with Crippen LogP contribution in [-0.4, -0.2) is 22.7 Å². The molecule has 0 saturated carbocycles. The van der Waals surface area contributed by atoms with Crippen molar-refractivity contribution in [3.05, 3.63) is 105 Å². The lowest BCUT2D eigenvalue weighted by atomic mass is 10.2. The normalized spacial score (nSPS) is 13.3. The van der Waals surface area contributed by atoms with Gasteiger partial charge in [-0.25, -0.2) is 9.88 Å². The van der Waals surface area contributed by atoms with Crippen molar-refractivity contribution in [2.45, 2.75) is 0 Å². The van der Waals surface area contributed by atoms with E-state index in [4.69, 9.17) is 11.6 Å². The molecule has 0 unspecified atom stereocenters. The van der Waals surface area contributed by atoms with E-state index >= 15 is 0 Å². The molecule has 0 aliphatic carbocycles. The zero-order valence-corrected chi connectivity index (χ0v) is 21.5. The first kappa shape index (κ1) is 23.9. The lowest BCUT2D eigenvalue weighted by Crippen LogP contribution is -2.32. The van der Waals surface area contributed by atoms with Gasteiger partial charge in [0.15, 0.2) is 5.13 Å². The first-order valence-corrected chi connectivity index (χ1v) is 12.7. The predicted octanol–water partition coefficient (Wildman–Crippen LogP) is 6.26. The van der Waals surface area contributed by atoms with Gasteiger partial charge in [0, 0.05) is 26.7 Å². The lowest BCUT2D eigenvalue weighted by molar-refractivity contribution is -0.120. The summed E-state index contributed by atoms with van der Waals surface area (Å²) in [5, 5.41) is 7.80. The molecule has 3 amide bonds. The Bertz CT molecular complexity index is 1520. The summed E-state index contributed by atoms with van der Waals surface area (Å²) in [6.45, 7) is 0. The van der Waals surface area contributed by atoms with Gasteiger partial charge < -0.3 is 5.32 Å². The Hall–Kier alpha value is -3.79. The van der Waals surface area contributed by atoms with Crippen LogP contribution in [0.2, 0.25) is 0 Å². The lowest BCUT2D eigenvalue weighted by Gasteiger charge is -2.15. The van der Waals surface area contributed by atoms with Crippen LogP contribution >= 0.6 is 38.9 Å². The Morgan fingerprint density at radius 1 is 0.944 bits per heavy atom. The average molecular weight is 580 g/mol. The summed E-state index contributed by atoms with van der Waals surface area (Å²) in [6.07, 6.45) is 0. The van der Waals surface area contributed by atoms with Crippen LogP contribution in [0.1, 0.15) is 10.4 Å². The van der Waals surface area contributed by atoms with Gasteiger partial charge in [-0.15, -0.1) is 11.3 Å². The minimum atomic E-state index is -0.627. The highest BCUT2D eigenvalue weighted by molar-refractivity contribution is 9.10. The zero-order chi connectivity index (χ0) is 25.2. The molecule has 7 nitrogen and oxygen atoms in total. The summed E-state index contributed by atoms with van der Waals surface area (Å²) >= 11 is 10.9. The molecule has 0 saturated heterocycles. The van der Waals surface area contributed by atoms with Crippen LogP contribution in [0.25, 0.3) is 11.3 Å². The maximum atomic E-state index is 13.0. The fraction of sp³-hybridized carbons (Fsp3) is 0. The van der Waals surface area contributed by atoms with Crippen molar-refractivity contribution in [2.24, 2.45) is 0 Å². The van der Waals surface area contributed by atoms with Crippen molar-refractivity contribution in [2.75, 3.05) is 15.5 Å². The highest BCUT2D eigenvalue weighted by atomic mass is 79.9. The molecule has 1 aromatic heterocycles. The van der Waals surface area contributed by atoms with E-state index in [2.05, 4.69) is 31.5 Å². The number of hydrogen-bond acceptors (Lipinski definition) is 6. The Balaban J connectivity index is 1.31. The van der Waals surface area contributed by atoms with E-state index in [1.54, 1.807) is 48.5 Å². The number of benzene rings is 3. The quantitative estimate of drug-likeness (QED) is 0.263. The van der Waals surface area contributed by atoms with E-state index in [-0.39, 0.29) is 16.6 Å². The van der Waals surface area contributed by atoms with Crippen LogP contribution in [0.5, 0.6) is 0 Å². The summed E-state index contributed by atoms with van der Waals surface area (Å²) in [5.41, 5.74) is 2.84. The monoisotopic (exact) mass is 578 g/mol. The summed E-state index contributed by atoms with van der Waals surface area (Å²) in [5.74, 6) is -1.57. The van der Waals surface area contributed by atoms with Crippen LogP contribution in [0.3, 0.4) is 0 Å². The van der Waals surface area contributed by atoms with Gasteiger partial charge in [0.2, 0.25) is 0 Å². The van der Waals surface area contributed by atoms with Crippen molar-refractivity contribution < 1.29 is 14.4 Å². The molecule has 2 N–H and O–H groups in total. The first-order chi connectivity index (χ1) is 17.4. The molecule has 1 aliphatic heterocycles. The van der Waals surface area contributed by atoms with Gasteiger partial charge in [0.1, 0.15) is 10.7 Å². The fourth-order valence-electron chi connectivity index (χ4n) is 3.56. The number of thiazole rings is 1. The minimum absolute atomic E-state index is 0.0606. The summed E-state index contributed by atoms with van der Waals surface area (Å²) in [6, 6.07) is 22.9. The molecule has 0 fully saturated rings. The number of rotatable bonds is 6. The molecule has 0 radical (unpaired) electrons. The van der Waals surface area contributed by atoms with Crippen molar-refractivity contribution in [1.82, 2.24) is 4.98 Å². The summed E-state index contributed by atoms with van der Waals surface area (Å²) in [7, 11) is 0. The molecule has 2 heterocycles. The van der Waals surface area contributed by atoms with E-state index in [1.165, 1.54) is 11.3 Å². The highest BCUT2D eigenvalue weighted by Gasteiger charge is 2.39. The van der Waals surface area contributed by atoms with Crippen LogP contribution < -0.4 is 15.5 Å². The number of imide groups is 1. The van der Waals surface area contributed by atoms with E-state index in [9.17, 15) is 14.4 Å². The number of anilines is 3. The van der Waals surface area contributed by atoms with Gasteiger partial charge in [0.05, 0.1) is 11.4 Å². The van der Waals surface area contributed by atoms with Crippen LogP contribution in [-0.2, 0) is 9.59 Å². The zero-order valence-electron chi connectivity index (χ0n) is 18.4. The molecule has 178 valence electrons. The second-order valence-electron chi connectivity index (χ2n) is 7.67. The summed E-state index contributed by atoms with van der Waals surface area (Å²) < 4.78 is 0.812. The number of halogens is 2. The largest absolute Gasteiger partial charge is 0.350 e. The van der Waals surface area contributed by atoms with Crippen LogP contribution in [0.4, 0.5) is 16.5 Å². The molecule has 1 aliphatic rings. The average Bonchev–Trinajstić information content (AvgIpc) is 3.44. The van der Waals surface area contributed by atoms with Gasteiger partial charge in [0.25, 0.3) is 17.7 Å². The van der Waals surface area contributed by atoms with Gasteiger partial charge in [-0.2, -0.15) is 0 Å². The molecule has 3 aromatic carbocycles. The first-order valence-electron chi connectivity index (χ1n) is 10.6. The predicted molar refractivity (Wildman–Crippen MR) is 145 cm³/mol. The van der Waals surface area contributed by atoms with E-state index in [0.29, 0.717) is 22.1 Å². The molecular formula is C26H16BrClN4O3S. The number of amides is 3. The Labute approximate surface area is 223 Å². The topological polar surface area (TPSA) is 91.4 Å². The van der Waals surface area contributed by atoms with Crippen LogP contribution in [0.15, 0.2) is 99.4 Å². The second kappa shape index (κ2) is 10.1. The van der Waals surface area contributed by atoms with E-state index in [1.807, 2.05) is 35.7 Å². The molecule has 0 bridgehead atoms. The third-order valence-corrected chi connectivity index (χ3v) is 6.94. The van der Waals surface area contributed by atoms with Gasteiger partial charge in [-0.05, 0) is 42.5 Å². The van der Waals surface area contributed by atoms with E-state index < -0.39 is 11.8 Å². The fourth-order valence-corrected chi connectivity index (χ4v) is 4.75. The molecule has 0 spiro atoms. The second-order valence-corrected chi connectivity index (χ2v) is 9.83. The van der Waals surface area contributed by atoms with Crippen molar-refractivity contribution in [1.29, 1.82) is 0 Å². The van der Waals surface area contributed by atoms with Gasteiger partial charge in [-0.1, -0.05) is 63.9 Å². The molecular weight excluding hydrogens is 564 g/mol. The number of aromatic nitrogens is 1. The number of carbonyl (C=O) groups is 3. The van der Waals surface area contributed by atoms with Crippen molar-refractivity contribution in [3.8, 4) is 11.3 Å². The number of nitrogens with one attached hydrogen (secondary N) is 2. The van der Waals surface area contributed by atoms with Crippen molar-refractivity contribution in [3.63, 3.8) is 0 Å². The molecule has 5 rings (SSSR count). The third-order valence-electron chi connectivity index (χ3n) is 5.30. The smallest absolute Gasteiger partial charge is 0.283 e. The van der Waals surface area contributed by atoms with E-state index in [0.717, 1.165) is 20.6 Å². The molecule has 36 heavy (non-hydrogen) atoms. The standard InChI is InChI=1S/C26H16BrClN4O3S/c27-17-9-11-19(12-10-17)32-24(34)21(28)22(25(32)35)29-18-8-4-7-16(13-18)23(33)31-26-30-20(14-36-26)15-5-2-1-3-6-15/h1-14,29H,(H,30,31,33). The van der Waals surface area contributed by atoms with Gasteiger partial charge in [-0.3, -0.25) is 19.7 Å². The maximum Gasteiger partial charge on any atom is 0.283 e. The number of hydrogen-bond donors (Lipinski definition) is 2. The third kappa shape index (κ3) is 4.81. The molecule has 4 aromatic rings. The minimum Gasteiger partial charge on any atom is -0.350 e. The maximum absolute atomic E-state index is 13.0. The van der Waals surface area contributed by atoms with Crippen molar-refractivity contribution >= 4 is 73.1 Å². The SMILES string of the molecule is O=C(Nc1nc(-c2ccccc2)cs1)c1cccc(NC2=C(Cl)C(=O)N(c3ccc(Br)cc3)C2=O)c1. The highest BCUT2D eigenvalue weighted by Crippen LogP contribution is 2.31. The number of carbonyl (C=O) groups excluding carboxylic acids is 3. The van der Waals surface area contributed by atoms with Crippen LogP contribution in [0, 0.1) is 0 Å². The summed E-state index contributed by atoms with van der Waals surface area (Å²) in [4.78, 5) is 44.0. The molecule has 10 heteroatoms. The van der Waals surface area contributed by atoms with Gasteiger partial charge >= 0.3 is 0 Å². The Morgan fingerprint density at radius 2 is 1.69 bits per heavy atom. The molecule has 0 atom stereocenters. The number of nitrogens with zero attached hydrogens (tertiary/aromatic N) is 2. The Morgan fingerprint density at radius 3 is 2.44 bits per heavy atom. The Kier molecular flexibility index (Phi) is 6.69.